The number of carbonyl (C=O) groups is 1. The Kier molecular flexibility index (Phi) is 5.33. The van der Waals surface area contributed by atoms with Crippen molar-refractivity contribution in [2.24, 2.45) is 11.7 Å². The molecule has 1 amide bonds. The van der Waals surface area contributed by atoms with E-state index in [0.29, 0.717) is 10.2 Å². The molecule has 1 heterocycles. The van der Waals surface area contributed by atoms with E-state index < -0.39 is 6.04 Å². The summed E-state index contributed by atoms with van der Waals surface area (Å²) in [5.41, 5.74) is 7.50. The summed E-state index contributed by atoms with van der Waals surface area (Å²) in [5, 5.41) is 5.81. The van der Waals surface area contributed by atoms with Crippen molar-refractivity contribution in [2.45, 2.75) is 26.3 Å². The van der Waals surface area contributed by atoms with Crippen LogP contribution < -0.4 is 11.1 Å². The summed E-state index contributed by atoms with van der Waals surface area (Å²) >= 11 is 7.50. The Balaban J connectivity index is 2.11. The van der Waals surface area contributed by atoms with Gasteiger partial charge in [-0.05, 0) is 12.0 Å². The second-order valence-corrected chi connectivity index (χ2v) is 6.18. The Hall–Kier alpha value is -1.43. The topological polar surface area (TPSA) is 68.0 Å². The summed E-state index contributed by atoms with van der Waals surface area (Å²) in [5.74, 6) is -0.0718. The summed E-state index contributed by atoms with van der Waals surface area (Å²) in [7, 11) is 0. The molecular weight excluding hydrogens is 306 g/mol. The highest BCUT2D eigenvalue weighted by molar-refractivity contribution is 7.14. The maximum absolute atomic E-state index is 12.0. The Morgan fingerprint density at radius 3 is 2.86 bits per heavy atom. The van der Waals surface area contributed by atoms with E-state index in [-0.39, 0.29) is 11.8 Å². The number of hydrogen-bond acceptors (Lipinski definition) is 4. The number of nitrogens with zero attached hydrogens (tertiary/aromatic N) is 1. The summed E-state index contributed by atoms with van der Waals surface area (Å²) < 4.78 is 0. The molecule has 0 bridgehead atoms. The minimum Gasteiger partial charge on any atom is -0.320 e. The maximum Gasteiger partial charge on any atom is 0.243 e. The van der Waals surface area contributed by atoms with E-state index in [0.717, 1.165) is 17.7 Å². The number of amides is 1. The van der Waals surface area contributed by atoms with Gasteiger partial charge in [0.15, 0.2) is 5.13 Å². The number of hydrogen-bond donors (Lipinski definition) is 2. The van der Waals surface area contributed by atoms with E-state index in [9.17, 15) is 4.79 Å². The van der Waals surface area contributed by atoms with E-state index in [1.165, 1.54) is 11.3 Å². The molecule has 2 atom stereocenters. The third-order valence-corrected chi connectivity index (χ3v) is 4.53. The molecule has 1 aromatic carbocycles. The normalized spacial score (nSPS) is 13.7. The van der Waals surface area contributed by atoms with Crippen LogP contribution in [0.15, 0.2) is 29.6 Å². The molecule has 2 unspecified atom stereocenters. The molecule has 112 valence electrons. The third-order valence-electron chi connectivity index (χ3n) is 3.44. The van der Waals surface area contributed by atoms with Gasteiger partial charge in [-0.15, -0.1) is 11.3 Å². The molecule has 2 aromatic rings. The predicted octanol–water partition coefficient (Wildman–Crippen LogP) is 3.78. The average molecular weight is 324 g/mol. The number of rotatable bonds is 5. The molecule has 1 aromatic heterocycles. The first kappa shape index (κ1) is 15.9. The van der Waals surface area contributed by atoms with Crippen LogP contribution in [0, 0.1) is 5.92 Å². The molecule has 0 spiro atoms. The van der Waals surface area contributed by atoms with Crippen molar-refractivity contribution >= 4 is 34.0 Å². The van der Waals surface area contributed by atoms with Gasteiger partial charge in [0.2, 0.25) is 5.91 Å². The molecule has 6 heteroatoms. The van der Waals surface area contributed by atoms with Crippen LogP contribution >= 0.6 is 22.9 Å². The van der Waals surface area contributed by atoms with Gasteiger partial charge in [-0.3, -0.25) is 4.79 Å². The van der Waals surface area contributed by atoms with Crippen molar-refractivity contribution in [1.29, 1.82) is 0 Å². The Labute approximate surface area is 133 Å². The fraction of sp³-hybridized carbons (Fsp3) is 0.333. The zero-order valence-electron chi connectivity index (χ0n) is 12.0. The van der Waals surface area contributed by atoms with Crippen molar-refractivity contribution in [2.75, 3.05) is 5.32 Å². The molecule has 4 nitrogen and oxygen atoms in total. The molecule has 0 saturated carbocycles. The van der Waals surface area contributed by atoms with Gasteiger partial charge in [-0.1, -0.05) is 50.1 Å². The maximum atomic E-state index is 12.0. The van der Waals surface area contributed by atoms with Gasteiger partial charge >= 0.3 is 0 Å². The zero-order chi connectivity index (χ0) is 15.4. The van der Waals surface area contributed by atoms with Crippen molar-refractivity contribution in [3.8, 4) is 11.3 Å². The van der Waals surface area contributed by atoms with Crippen LogP contribution in [0.5, 0.6) is 0 Å². The van der Waals surface area contributed by atoms with Crippen LogP contribution in [0.25, 0.3) is 11.3 Å². The lowest BCUT2D eigenvalue weighted by Crippen LogP contribution is -2.40. The van der Waals surface area contributed by atoms with E-state index in [4.69, 9.17) is 17.3 Å². The minimum absolute atomic E-state index is 0.132. The van der Waals surface area contributed by atoms with Crippen LogP contribution in [0.4, 0.5) is 5.13 Å². The highest BCUT2D eigenvalue weighted by Crippen LogP contribution is 2.30. The monoisotopic (exact) mass is 323 g/mol. The first-order valence-corrected chi connectivity index (χ1v) is 8.05. The number of nitrogens with two attached hydrogens (primary N) is 1. The van der Waals surface area contributed by atoms with Crippen molar-refractivity contribution < 1.29 is 4.79 Å². The van der Waals surface area contributed by atoms with E-state index >= 15 is 0 Å². The van der Waals surface area contributed by atoms with Gasteiger partial charge < -0.3 is 11.1 Å². The molecular formula is C15H18ClN3OS. The summed E-state index contributed by atoms with van der Waals surface area (Å²) in [6, 6.07) is 6.95. The molecule has 3 N–H and O–H groups in total. The third kappa shape index (κ3) is 3.81. The summed E-state index contributed by atoms with van der Waals surface area (Å²) in [6.07, 6.45) is 0.858. The van der Waals surface area contributed by atoms with Crippen molar-refractivity contribution in [3.63, 3.8) is 0 Å². The molecule has 0 aliphatic heterocycles. The number of thiazole rings is 1. The largest absolute Gasteiger partial charge is 0.320 e. The van der Waals surface area contributed by atoms with Gasteiger partial charge in [-0.2, -0.15) is 0 Å². The van der Waals surface area contributed by atoms with Crippen LogP contribution in [-0.2, 0) is 4.79 Å². The lowest BCUT2D eigenvalue weighted by atomic mass is 10.00. The first-order chi connectivity index (χ1) is 10.0. The van der Waals surface area contributed by atoms with Crippen LogP contribution in [0.3, 0.4) is 0 Å². The quantitative estimate of drug-likeness (QED) is 0.880. The number of carbonyl (C=O) groups excluding carboxylic acids is 1. The molecule has 2 rings (SSSR count). The Morgan fingerprint density at radius 2 is 2.19 bits per heavy atom. The van der Waals surface area contributed by atoms with E-state index in [1.54, 1.807) is 0 Å². The number of anilines is 1. The minimum atomic E-state index is -0.525. The van der Waals surface area contributed by atoms with Crippen LogP contribution in [0.2, 0.25) is 5.02 Å². The molecule has 21 heavy (non-hydrogen) atoms. The molecule has 0 aliphatic carbocycles. The summed E-state index contributed by atoms with van der Waals surface area (Å²) in [4.78, 5) is 16.4. The van der Waals surface area contributed by atoms with Gasteiger partial charge in [0.1, 0.15) is 0 Å². The highest BCUT2D eigenvalue weighted by atomic mass is 35.5. The fourth-order valence-corrected chi connectivity index (χ4v) is 2.77. The van der Waals surface area contributed by atoms with Gasteiger partial charge in [-0.25, -0.2) is 4.98 Å². The molecule has 0 aliphatic rings. The Bertz CT molecular complexity index is 629. The van der Waals surface area contributed by atoms with Gasteiger partial charge in [0, 0.05) is 16.0 Å². The molecule has 0 saturated heterocycles. The molecule has 0 fully saturated rings. The number of benzene rings is 1. The second-order valence-electron chi connectivity index (χ2n) is 4.92. The lowest BCUT2D eigenvalue weighted by molar-refractivity contribution is -0.118. The zero-order valence-corrected chi connectivity index (χ0v) is 13.5. The predicted molar refractivity (Wildman–Crippen MR) is 88.6 cm³/mol. The average Bonchev–Trinajstić information content (AvgIpc) is 2.94. The van der Waals surface area contributed by atoms with Crippen molar-refractivity contribution in [1.82, 2.24) is 4.98 Å². The van der Waals surface area contributed by atoms with Crippen LogP contribution in [-0.4, -0.2) is 16.9 Å². The summed E-state index contributed by atoms with van der Waals surface area (Å²) in [6.45, 7) is 3.97. The van der Waals surface area contributed by atoms with Crippen LogP contribution in [0.1, 0.15) is 20.3 Å². The number of nitrogens with one attached hydrogen (secondary N) is 1. The number of halogens is 1. The van der Waals surface area contributed by atoms with Gasteiger partial charge in [0.05, 0.1) is 11.7 Å². The van der Waals surface area contributed by atoms with E-state index in [1.807, 2.05) is 43.5 Å². The lowest BCUT2D eigenvalue weighted by Gasteiger charge is -2.16. The highest BCUT2D eigenvalue weighted by Gasteiger charge is 2.20. The standard InChI is InChI=1S/C15H18ClN3OS/c1-3-9(2)13(17)14(20)19-15-18-12(8-21-15)10-6-4-5-7-11(10)16/h4-9,13H,3,17H2,1-2H3,(H,18,19,20). The molecule has 0 radical (unpaired) electrons. The van der Waals surface area contributed by atoms with Crippen molar-refractivity contribution in [3.05, 3.63) is 34.7 Å². The first-order valence-electron chi connectivity index (χ1n) is 6.79. The SMILES string of the molecule is CCC(C)C(N)C(=O)Nc1nc(-c2ccccc2Cl)cs1. The Morgan fingerprint density at radius 1 is 1.48 bits per heavy atom. The smallest absolute Gasteiger partial charge is 0.243 e. The second kappa shape index (κ2) is 7.02. The fourth-order valence-electron chi connectivity index (χ4n) is 1.82. The van der Waals surface area contributed by atoms with E-state index in [2.05, 4.69) is 10.3 Å². The number of aromatic nitrogens is 1. The van der Waals surface area contributed by atoms with Gasteiger partial charge in [0.25, 0.3) is 0 Å².